The summed E-state index contributed by atoms with van der Waals surface area (Å²) in [5.41, 5.74) is -0.461. The van der Waals surface area contributed by atoms with Gasteiger partial charge in [0.25, 0.3) is 0 Å². The number of carbonyl (C=O) groups excluding carboxylic acids is 2. The zero-order valence-electron chi connectivity index (χ0n) is 11.0. The number of hydrogen-bond donors (Lipinski definition) is 0. The van der Waals surface area contributed by atoms with Crippen molar-refractivity contribution < 1.29 is 19.1 Å². The van der Waals surface area contributed by atoms with Crippen molar-refractivity contribution >= 4 is 11.9 Å². The molecule has 0 radical (unpaired) electrons. The molecule has 0 atom stereocenters. The zero-order valence-corrected chi connectivity index (χ0v) is 11.0. The molecule has 4 nitrogen and oxygen atoms in total. The molecule has 1 aliphatic carbocycles. The smallest absolute Gasteiger partial charge is 0.344 e. The van der Waals surface area contributed by atoms with Gasteiger partial charge < -0.3 is 9.47 Å². The van der Waals surface area contributed by atoms with Crippen molar-refractivity contribution in [2.45, 2.75) is 58.5 Å². The largest absolute Gasteiger partial charge is 0.457 e. The van der Waals surface area contributed by atoms with Crippen LogP contribution in [0.15, 0.2) is 0 Å². The average Bonchev–Trinajstić information content (AvgIpc) is 2.27. The summed E-state index contributed by atoms with van der Waals surface area (Å²) >= 11 is 0. The summed E-state index contributed by atoms with van der Waals surface area (Å²) in [6.45, 7) is 4.87. The molecule has 0 amide bonds. The number of ether oxygens (including phenoxy) is 2. The Kier molecular flexibility index (Phi) is 4.97. The van der Waals surface area contributed by atoms with Crippen molar-refractivity contribution in [3.05, 3.63) is 0 Å². The van der Waals surface area contributed by atoms with E-state index in [1.54, 1.807) is 0 Å². The maximum Gasteiger partial charge on any atom is 0.344 e. The van der Waals surface area contributed by atoms with Crippen molar-refractivity contribution in [1.29, 1.82) is 0 Å². The highest BCUT2D eigenvalue weighted by Crippen LogP contribution is 2.34. The SMILES string of the molecule is CC(=O)OCC(=O)OC(C)(C)C1CCCCC1. The molecule has 0 saturated heterocycles. The molecule has 1 rings (SSSR count). The highest BCUT2D eigenvalue weighted by atomic mass is 16.6. The molecule has 0 bridgehead atoms. The average molecular weight is 242 g/mol. The fourth-order valence-corrected chi connectivity index (χ4v) is 2.36. The van der Waals surface area contributed by atoms with Gasteiger partial charge in [-0.25, -0.2) is 4.79 Å². The topological polar surface area (TPSA) is 52.6 Å². The fourth-order valence-electron chi connectivity index (χ4n) is 2.36. The van der Waals surface area contributed by atoms with E-state index >= 15 is 0 Å². The van der Waals surface area contributed by atoms with Gasteiger partial charge in [0.1, 0.15) is 5.60 Å². The van der Waals surface area contributed by atoms with E-state index in [9.17, 15) is 9.59 Å². The Labute approximate surface area is 103 Å². The Morgan fingerprint density at radius 1 is 1.18 bits per heavy atom. The Hall–Kier alpha value is -1.06. The number of esters is 2. The minimum absolute atomic E-state index is 0.286. The summed E-state index contributed by atoms with van der Waals surface area (Å²) in [6.07, 6.45) is 5.89. The van der Waals surface area contributed by atoms with Gasteiger partial charge in [0.2, 0.25) is 0 Å². The molecule has 0 aromatic rings. The molecule has 1 saturated carbocycles. The van der Waals surface area contributed by atoms with Crippen molar-refractivity contribution in [3.63, 3.8) is 0 Å². The van der Waals surface area contributed by atoms with Crippen LogP contribution < -0.4 is 0 Å². The first-order valence-electron chi connectivity index (χ1n) is 6.27. The number of hydrogen-bond acceptors (Lipinski definition) is 4. The van der Waals surface area contributed by atoms with Gasteiger partial charge in [-0.15, -0.1) is 0 Å². The third kappa shape index (κ3) is 4.75. The minimum Gasteiger partial charge on any atom is -0.457 e. The first-order chi connectivity index (χ1) is 7.92. The molecule has 98 valence electrons. The second kappa shape index (κ2) is 6.03. The molecule has 0 aliphatic heterocycles. The third-order valence-corrected chi connectivity index (χ3v) is 3.36. The number of rotatable bonds is 4. The Balaban J connectivity index is 2.41. The van der Waals surface area contributed by atoms with Crippen LogP contribution in [-0.2, 0) is 19.1 Å². The summed E-state index contributed by atoms with van der Waals surface area (Å²) < 4.78 is 10.0. The lowest BCUT2D eigenvalue weighted by Crippen LogP contribution is -2.39. The minimum atomic E-state index is -0.462. The molecule has 0 aromatic carbocycles. The molecule has 0 spiro atoms. The van der Waals surface area contributed by atoms with Gasteiger partial charge >= 0.3 is 11.9 Å². The number of carbonyl (C=O) groups is 2. The van der Waals surface area contributed by atoms with Gasteiger partial charge in [0.05, 0.1) is 0 Å². The molecule has 17 heavy (non-hydrogen) atoms. The van der Waals surface area contributed by atoms with Crippen LogP contribution >= 0.6 is 0 Å². The highest BCUT2D eigenvalue weighted by molar-refractivity contribution is 5.75. The molecular weight excluding hydrogens is 220 g/mol. The van der Waals surface area contributed by atoms with E-state index in [0.717, 1.165) is 12.8 Å². The quantitative estimate of drug-likeness (QED) is 0.710. The van der Waals surface area contributed by atoms with Crippen LogP contribution in [0, 0.1) is 5.92 Å². The van der Waals surface area contributed by atoms with Crippen LogP contribution in [0.3, 0.4) is 0 Å². The van der Waals surface area contributed by atoms with E-state index in [2.05, 4.69) is 4.74 Å². The van der Waals surface area contributed by atoms with Crippen LogP contribution in [0.1, 0.15) is 52.9 Å². The first-order valence-corrected chi connectivity index (χ1v) is 6.27. The van der Waals surface area contributed by atoms with Crippen molar-refractivity contribution in [2.75, 3.05) is 6.61 Å². The fraction of sp³-hybridized carbons (Fsp3) is 0.846. The van der Waals surface area contributed by atoms with Crippen LogP contribution in [0.2, 0.25) is 0 Å². The van der Waals surface area contributed by atoms with Crippen molar-refractivity contribution in [1.82, 2.24) is 0 Å². The van der Waals surface area contributed by atoms with Gasteiger partial charge in [0, 0.05) is 6.92 Å². The molecule has 0 N–H and O–H groups in total. The maximum absolute atomic E-state index is 11.5. The summed E-state index contributed by atoms with van der Waals surface area (Å²) in [5.74, 6) is -0.509. The lowest BCUT2D eigenvalue weighted by atomic mass is 9.79. The molecule has 0 aromatic heterocycles. The van der Waals surface area contributed by atoms with Gasteiger partial charge in [-0.05, 0) is 32.6 Å². The van der Waals surface area contributed by atoms with E-state index in [-0.39, 0.29) is 6.61 Å². The Morgan fingerprint density at radius 2 is 1.76 bits per heavy atom. The predicted molar refractivity (Wildman–Crippen MR) is 63.4 cm³/mol. The summed E-state index contributed by atoms with van der Waals surface area (Å²) in [7, 11) is 0. The van der Waals surface area contributed by atoms with Gasteiger partial charge in [0.15, 0.2) is 6.61 Å². The molecule has 1 fully saturated rings. The van der Waals surface area contributed by atoms with E-state index in [1.807, 2.05) is 13.8 Å². The van der Waals surface area contributed by atoms with Crippen LogP contribution in [-0.4, -0.2) is 24.1 Å². The lowest BCUT2D eigenvalue weighted by Gasteiger charge is -2.36. The van der Waals surface area contributed by atoms with Gasteiger partial charge in [-0.2, -0.15) is 0 Å². The first kappa shape index (κ1) is 14.0. The summed E-state index contributed by atoms with van der Waals surface area (Å²) in [5, 5.41) is 0. The molecule has 4 heteroatoms. The second-order valence-corrected chi connectivity index (χ2v) is 5.19. The van der Waals surface area contributed by atoms with Gasteiger partial charge in [-0.1, -0.05) is 19.3 Å². The lowest BCUT2D eigenvalue weighted by molar-refractivity contribution is -0.172. The predicted octanol–water partition coefficient (Wildman–Crippen LogP) is 2.45. The van der Waals surface area contributed by atoms with Crippen LogP contribution in [0.4, 0.5) is 0 Å². The Bertz CT molecular complexity index is 277. The van der Waals surface area contributed by atoms with Gasteiger partial charge in [-0.3, -0.25) is 4.79 Å². The van der Waals surface area contributed by atoms with Crippen LogP contribution in [0.5, 0.6) is 0 Å². The summed E-state index contributed by atoms with van der Waals surface area (Å²) in [6, 6.07) is 0. The maximum atomic E-state index is 11.5. The van der Waals surface area contributed by atoms with E-state index < -0.39 is 17.5 Å². The Morgan fingerprint density at radius 3 is 2.29 bits per heavy atom. The molecule has 0 heterocycles. The molecule has 1 aliphatic rings. The van der Waals surface area contributed by atoms with E-state index in [0.29, 0.717) is 5.92 Å². The zero-order chi connectivity index (χ0) is 12.9. The normalized spacial score (nSPS) is 17.6. The molecular formula is C13H22O4. The van der Waals surface area contributed by atoms with E-state index in [4.69, 9.17) is 4.74 Å². The third-order valence-electron chi connectivity index (χ3n) is 3.36. The van der Waals surface area contributed by atoms with Crippen molar-refractivity contribution in [2.24, 2.45) is 5.92 Å². The summed E-state index contributed by atoms with van der Waals surface area (Å²) in [4.78, 5) is 22.1. The van der Waals surface area contributed by atoms with Crippen molar-refractivity contribution in [3.8, 4) is 0 Å². The highest BCUT2D eigenvalue weighted by Gasteiger charge is 2.34. The molecule has 0 unspecified atom stereocenters. The van der Waals surface area contributed by atoms with Crippen LogP contribution in [0.25, 0.3) is 0 Å². The second-order valence-electron chi connectivity index (χ2n) is 5.19. The van der Waals surface area contributed by atoms with E-state index in [1.165, 1.54) is 26.2 Å². The standard InChI is InChI=1S/C13H22O4/c1-10(14)16-9-12(15)17-13(2,3)11-7-5-4-6-8-11/h11H,4-9H2,1-3H3. The monoisotopic (exact) mass is 242 g/mol.